The first-order chi connectivity index (χ1) is 36.7. The van der Waals surface area contributed by atoms with Gasteiger partial charge in [-0.2, -0.15) is 0 Å². The molecule has 12 aromatic carbocycles. The second-order valence-corrected chi connectivity index (χ2v) is 30.4. The van der Waals surface area contributed by atoms with Gasteiger partial charge in [-0.1, -0.05) is 237 Å². The van der Waals surface area contributed by atoms with Crippen molar-refractivity contribution < 1.29 is 0 Å². The predicted molar refractivity (Wildman–Crippen MR) is 326 cm³/mol. The highest BCUT2D eigenvalue weighted by molar-refractivity contribution is 7.37. The molecule has 14 aromatic rings. The van der Waals surface area contributed by atoms with Crippen molar-refractivity contribution in [2.75, 3.05) is 4.23 Å². The largest absolute Gasteiger partial charge is 0.408 e. The molecule has 15 rings (SSSR count). The van der Waals surface area contributed by atoms with Gasteiger partial charge in [0.15, 0.2) is 0 Å². The van der Waals surface area contributed by atoms with Crippen LogP contribution in [0.15, 0.2) is 279 Å². The Labute approximate surface area is 440 Å². The van der Waals surface area contributed by atoms with Gasteiger partial charge in [0.2, 0.25) is 16.5 Å². The van der Waals surface area contributed by atoms with Gasteiger partial charge in [-0.05, 0) is 113 Å². The molecule has 0 saturated carbocycles. The van der Waals surface area contributed by atoms with Crippen molar-refractivity contribution in [2.24, 2.45) is 0 Å². The predicted octanol–water partition coefficient (Wildman–Crippen LogP) is 16.3. The van der Waals surface area contributed by atoms with E-state index in [1.165, 1.54) is 116 Å². The molecule has 0 amide bonds. The maximum atomic E-state index is 3.14. The van der Waals surface area contributed by atoms with E-state index in [9.17, 15) is 0 Å². The quantitative estimate of drug-likeness (QED) is 0.137. The molecule has 0 aliphatic carbocycles. The van der Waals surface area contributed by atoms with Gasteiger partial charge in [0.05, 0.1) is 4.70 Å². The van der Waals surface area contributed by atoms with Gasteiger partial charge in [-0.3, -0.25) is 0 Å². The zero-order chi connectivity index (χ0) is 48.8. The van der Waals surface area contributed by atoms with Crippen LogP contribution in [0.1, 0.15) is 10.7 Å². The fourth-order valence-electron chi connectivity index (χ4n) is 13.0. The molecule has 1 aliphatic rings. The Balaban J connectivity index is 1.03. The highest BCUT2D eigenvalue weighted by Crippen LogP contribution is 2.57. The first-order valence-electron chi connectivity index (χ1n) is 25.6. The standard InChI is InChI=1S/C69H47NS2Si2/c1-5-23-55(24-6-1)73(56-25-7-2-8-26-56)69(61-33-17-31-59-62-45-53(39-41-65(62)71-67(59)61)51-37-35-47-19-13-15-21-49(47)43-51)74(57-27-9-3-10-28-57,58-29-11-4-12-30-58)70(73)64-34-18-32-60-63-46-54(40-42-66(63)72-68(60)64)52-38-36-48-20-14-16-22-50(48)44-52/h1-46,69H. The molecule has 0 spiro atoms. The van der Waals surface area contributed by atoms with Gasteiger partial charge < -0.3 is 4.23 Å². The summed E-state index contributed by atoms with van der Waals surface area (Å²) in [5.74, 6) is 0. The molecule has 0 N–H and O–H groups in total. The summed E-state index contributed by atoms with van der Waals surface area (Å²) in [6.45, 7) is 0. The molecule has 3 heterocycles. The number of hydrogen-bond donors (Lipinski definition) is 0. The van der Waals surface area contributed by atoms with E-state index in [0.29, 0.717) is 0 Å². The SMILES string of the molecule is c1ccc([Si]2(c3ccccc3)C(c3cccc4c3sc3ccc(-c5ccc6ccccc6c5)cc34)[Si](c3ccccc3)(c3ccccc3)N2c2cccc3c2sc2ccc(-c4ccc5ccccc5c4)cc23)cc1. The number of benzene rings is 12. The van der Waals surface area contributed by atoms with Crippen LogP contribution < -0.4 is 25.0 Å². The molecule has 0 unspecified atom stereocenters. The summed E-state index contributed by atoms with van der Waals surface area (Å²) < 4.78 is 8.53. The van der Waals surface area contributed by atoms with Crippen LogP contribution in [0.25, 0.3) is 84.1 Å². The average molecular weight is 1010 g/mol. The van der Waals surface area contributed by atoms with Crippen LogP contribution in [0.4, 0.5) is 5.69 Å². The summed E-state index contributed by atoms with van der Waals surface area (Å²) in [6, 6.07) is 107. The Hall–Kier alpha value is -8.17. The maximum Gasteiger partial charge on any atom is 0.220 e. The van der Waals surface area contributed by atoms with Crippen molar-refractivity contribution in [1.82, 2.24) is 0 Å². The molecule has 1 fully saturated rings. The third-order valence-corrected chi connectivity index (χ3v) is 32.2. The minimum Gasteiger partial charge on any atom is -0.408 e. The highest BCUT2D eigenvalue weighted by atomic mass is 32.1. The number of thiophene rings is 2. The third-order valence-electron chi connectivity index (χ3n) is 16.1. The summed E-state index contributed by atoms with van der Waals surface area (Å²) in [5.41, 5.74) is 7.79. The molecule has 74 heavy (non-hydrogen) atoms. The van der Waals surface area contributed by atoms with Crippen LogP contribution in [0.2, 0.25) is 0 Å². The van der Waals surface area contributed by atoms with E-state index in [0.717, 1.165) is 0 Å². The van der Waals surface area contributed by atoms with E-state index in [1.807, 2.05) is 22.7 Å². The Kier molecular flexibility index (Phi) is 10.1. The molecule has 1 aliphatic heterocycles. The second kappa shape index (κ2) is 17.2. The lowest BCUT2D eigenvalue weighted by molar-refractivity contribution is 1.11. The van der Waals surface area contributed by atoms with Gasteiger partial charge in [-0.25, -0.2) is 0 Å². The lowest BCUT2D eigenvalue weighted by Crippen LogP contribution is -3.00. The normalized spacial score (nSPS) is 14.4. The Bertz CT molecular complexity index is 4080. The van der Waals surface area contributed by atoms with E-state index in [-0.39, 0.29) is 5.16 Å². The fraction of sp³-hybridized carbons (Fsp3) is 0.0145. The molecule has 1 saturated heterocycles. The molecule has 348 valence electrons. The molecular formula is C69H47NS2Si2. The average Bonchev–Trinajstić information content (AvgIpc) is 4.11. The van der Waals surface area contributed by atoms with Gasteiger partial charge in [0.25, 0.3) is 0 Å². The number of rotatable bonds is 8. The van der Waals surface area contributed by atoms with E-state index in [4.69, 9.17) is 0 Å². The van der Waals surface area contributed by atoms with Gasteiger partial charge >= 0.3 is 0 Å². The fourth-order valence-corrected chi connectivity index (χ4v) is 33.5. The maximum absolute atomic E-state index is 3.14. The molecular weight excluding hydrogens is 963 g/mol. The monoisotopic (exact) mass is 1010 g/mol. The lowest BCUT2D eigenvalue weighted by atomic mass is 9.99. The van der Waals surface area contributed by atoms with Gasteiger partial charge in [0, 0.05) is 46.5 Å². The molecule has 0 bridgehead atoms. The van der Waals surface area contributed by atoms with E-state index in [1.54, 1.807) is 0 Å². The van der Waals surface area contributed by atoms with Crippen molar-refractivity contribution >= 4 is 127 Å². The first kappa shape index (κ1) is 43.4. The topological polar surface area (TPSA) is 3.24 Å². The summed E-state index contributed by atoms with van der Waals surface area (Å²) >= 11 is 3.95. The van der Waals surface area contributed by atoms with E-state index in [2.05, 4.69) is 283 Å². The van der Waals surface area contributed by atoms with Gasteiger partial charge in [0.1, 0.15) is 0 Å². The Morgan fingerprint density at radius 3 is 1.14 bits per heavy atom. The lowest BCUT2D eigenvalue weighted by Gasteiger charge is -2.71. The smallest absolute Gasteiger partial charge is 0.220 e. The van der Waals surface area contributed by atoms with Gasteiger partial charge in [-0.15, -0.1) is 22.7 Å². The zero-order valence-corrected chi connectivity index (χ0v) is 44.0. The van der Waals surface area contributed by atoms with Crippen molar-refractivity contribution in [1.29, 1.82) is 0 Å². The van der Waals surface area contributed by atoms with E-state index < -0.39 is 16.5 Å². The van der Waals surface area contributed by atoms with E-state index >= 15 is 0 Å². The Morgan fingerprint density at radius 1 is 0.284 bits per heavy atom. The molecule has 1 nitrogen and oxygen atoms in total. The third kappa shape index (κ3) is 6.44. The zero-order valence-electron chi connectivity index (χ0n) is 40.4. The van der Waals surface area contributed by atoms with Crippen LogP contribution in [0, 0.1) is 0 Å². The molecule has 0 atom stereocenters. The van der Waals surface area contributed by atoms with Crippen molar-refractivity contribution in [3.05, 3.63) is 285 Å². The summed E-state index contributed by atoms with van der Waals surface area (Å²) in [7, 11) is -6.28. The minimum absolute atomic E-state index is 0.158. The summed E-state index contributed by atoms with van der Waals surface area (Å²) in [6.07, 6.45) is 0. The van der Waals surface area contributed by atoms with Crippen LogP contribution in [-0.4, -0.2) is 16.5 Å². The summed E-state index contributed by atoms with van der Waals surface area (Å²) in [5, 5.41) is 16.2. The minimum atomic E-state index is -3.14. The number of fused-ring (bicyclic) bond motifs is 8. The van der Waals surface area contributed by atoms with Crippen molar-refractivity contribution in [2.45, 2.75) is 5.16 Å². The van der Waals surface area contributed by atoms with Crippen molar-refractivity contribution in [3.8, 4) is 22.3 Å². The Morgan fingerprint density at radius 2 is 0.662 bits per heavy atom. The molecule has 5 heteroatoms. The van der Waals surface area contributed by atoms with Crippen LogP contribution in [0.5, 0.6) is 0 Å². The summed E-state index contributed by atoms with van der Waals surface area (Å²) in [4.78, 5) is 0. The van der Waals surface area contributed by atoms with Crippen LogP contribution in [-0.2, 0) is 0 Å². The molecule has 0 radical (unpaired) electrons. The first-order valence-corrected chi connectivity index (χ1v) is 31.3. The molecule has 2 aromatic heterocycles. The van der Waals surface area contributed by atoms with Crippen LogP contribution >= 0.6 is 22.7 Å². The highest BCUT2D eigenvalue weighted by Gasteiger charge is 2.76. The second-order valence-electron chi connectivity index (χ2n) is 19.9. The number of hydrogen-bond acceptors (Lipinski definition) is 3. The number of anilines is 1. The number of nitrogens with zero attached hydrogens (tertiary/aromatic N) is 1. The van der Waals surface area contributed by atoms with Crippen LogP contribution in [0.3, 0.4) is 0 Å². The van der Waals surface area contributed by atoms with Crippen molar-refractivity contribution in [3.63, 3.8) is 0 Å².